The van der Waals surface area contributed by atoms with Crippen molar-refractivity contribution in [1.82, 2.24) is 29.7 Å². The third kappa shape index (κ3) is 6.63. The SMILES string of the molecule is COCCn1c(NS(=O)(=O)C(C)C(OC(C)C)c2ncc(Cl)cn2)nnc1-c1cccc(OC)n1. The number of nitrogens with one attached hydrogen (secondary N) is 1. The quantitative estimate of drug-likeness (QED) is 0.374. The van der Waals surface area contributed by atoms with E-state index in [1.54, 1.807) is 43.7 Å². The Hall–Kier alpha value is -2.87. The Balaban J connectivity index is 1.95. The molecular weight excluding hydrogens is 498 g/mol. The van der Waals surface area contributed by atoms with Gasteiger partial charge in [-0.15, -0.1) is 10.2 Å². The van der Waals surface area contributed by atoms with Crippen LogP contribution in [0.15, 0.2) is 30.6 Å². The standard InChI is InChI=1S/C21H28ClN7O5S/c1-13(2)34-18(19-23-11-15(22)12-24-19)14(3)35(30,31)28-21-27-26-20(29(21)9-10-32-4)16-7-6-8-17(25-16)33-5/h6-8,11-14,18H,9-10H2,1-5H3,(H,27,28). The second-order valence-corrected chi connectivity index (χ2v) is 10.2. The number of aromatic nitrogens is 6. The highest BCUT2D eigenvalue weighted by atomic mass is 35.5. The molecule has 0 saturated carbocycles. The number of sulfonamides is 1. The second kappa shape index (κ2) is 11.7. The summed E-state index contributed by atoms with van der Waals surface area (Å²) in [6.45, 7) is 5.66. The summed E-state index contributed by atoms with van der Waals surface area (Å²) in [5, 5.41) is 7.47. The molecule has 0 spiro atoms. The van der Waals surface area contributed by atoms with E-state index < -0.39 is 21.4 Å². The molecule has 0 bridgehead atoms. The van der Waals surface area contributed by atoms with E-state index in [0.717, 1.165) is 0 Å². The second-order valence-electron chi connectivity index (χ2n) is 7.77. The Morgan fingerprint density at radius 2 is 1.83 bits per heavy atom. The smallest absolute Gasteiger partial charge is 0.240 e. The third-order valence-electron chi connectivity index (χ3n) is 4.89. The summed E-state index contributed by atoms with van der Waals surface area (Å²) in [5.41, 5.74) is 0.460. The van der Waals surface area contributed by atoms with Gasteiger partial charge in [-0.05, 0) is 26.8 Å². The minimum Gasteiger partial charge on any atom is -0.481 e. The summed E-state index contributed by atoms with van der Waals surface area (Å²) in [6.07, 6.45) is 1.54. The van der Waals surface area contributed by atoms with Crippen molar-refractivity contribution in [3.8, 4) is 17.4 Å². The Labute approximate surface area is 209 Å². The summed E-state index contributed by atoms with van der Waals surface area (Å²) >= 11 is 5.89. The predicted octanol–water partition coefficient (Wildman–Crippen LogP) is 2.74. The van der Waals surface area contributed by atoms with Gasteiger partial charge in [-0.3, -0.25) is 9.29 Å². The Morgan fingerprint density at radius 1 is 1.11 bits per heavy atom. The van der Waals surface area contributed by atoms with Crippen LogP contribution in [0.5, 0.6) is 5.88 Å². The molecule has 1 N–H and O–H groups in total. The molecule has 2 atom stereocenters. The Morgan fingerprint density at radius 3 is 2.46 bits per heavy atom. The van der Waals surface area contributed by atoms with Crippen molar-refractivity contribution in [2.75, 3.05) is 25.5 Å². The maximum absolute atomic E-state index is 13.4. The van der Waals surface area contributed by atoms with Crippen LogP contribution in [0, 0.1) is 0 Å². The fraction of sp³-hybridized carbons (Fsp3) is 0.476. The summed E-state index contributed by atoms with van der Waals surface area (Å²) in [7, 11) is -0.999. The van der Waals surface area contributed by atoms with Gasteiger partial charge >= 0.3 is 0 Å². The number of anilines is 1. The number of ether oxygens (including phenoxy) is 3. The molecule has 0 aliphatic heterocycles. The monoisotopic (exact) mass is 525 g/mol. The van der Waals surface area contributed by atoms with Crippen molar-refractivity contribution in [3.63, 3.8) is 0 Å². The molecule has 3 aromatic rings. The van der Waals surface area contributed by atoms with Crippen molar-refractivity contribution >= 4 is 27.6 Å². The lowest BCUT2D eigenvalue weighted by atomic mass is 10.2. The van der Waals surface area contributed by atoms with E-state index in [9.17, 15) is 8.42 Å². The molecular formula is C21H28ClN7O5S. The maximum atomic E-state index is 13.4. The molecule has 2 unspecified atom stereocenters. The highest BCUT2D eigenvalue weighted by Gasteiger charge is 2.35. The largest absolute Gasteiger partial charge is 0.481 e. The first-order valence-corrected chi connectivity index (χ1v) is 12.7. The van der Waals surface area contributed by atoms with E-state index in [0.29, 0.717) is 22.4 Å². The zero-order valence-corrected chi connectivity index (χ0v) is 21.6. The van der Waals surface area contributed by atoms with Crippen molar-refractivity contribution in [1.29, 1.82) is 0 Å². The number of rotatable bonds is 12. The summed E-state index contributed by atoms with van der Waals surface area (Å²) in [6, 6.07) is 5.17. The van der Waals surface area contributed by atoms with Crippen molar-refractivity contribution < 1.29 is 22.6 Å². The molecule has 0 saturated heterocycles. The first-order chi connectivity index (χ1) is 16.7. The maximum Gasteiger partial charge on any atom is 0.240 e. The lowest BCUT2D eigenvalue weighted by Gasteiger charge is -2.25. The number of hydrogen-bond acceptors (Lipinski definition) is 10. The van der Waals surface area contributed by atoms with Gasteiger partial charge in [-0.2, -0.15) is 0 Å². The van der Waals surface area contributed by atoms with Crippen LogP contribution in [0.25, 0.3) is 11.5 Å². The molecule has 0 amide bonds. The van der Waals surface area contributed by atoms with Crippen LogP contribution in [0.4, 0.5) is 5.95 Å². The molecule has 3 heterocycles. The van der Waals surface area contributed by atoms with Gasteiger partial charge in [0.1, 0.15) is 17.0 Å². The molecule has 12 nitrogen and oxygen atoms in total. The van der Waals surface area contributed by atoms with E-state index in [1.807, 2.05) is 0 Å². The predicted molar refractivity (Wildman–Crippen MR) is 130 cm³/mol. The van der Waals surface area contributed by atoms with E-state index in [4.69, 9.17) is 25.8 Å². The highest BCUT2D eigenvalue weighted by Crippen LogP contribution is 2.28. The molecule has 0 fully saturated rings. The fourth-order valence-corrected chi connectivity index (χ4v) is 4.34. The van der Waals surface area contributed by atoms with Crippen LogP contribution >= 0.6 is 11.6 Å². The fourth-order valence-electron chi connectivity index (χ4n) is 3.14. The third-order valence-corrected chi connectivity index (χ3v) is 6.78. The molecule has 35 heavy (non-hydrogen) atoms. The van der Waals surface area contributed by atoms with Crippen LogP contribution < -0.4 is 9.46 Å². The average molecular weight is 526 g/mol. The normalized spacial score (nSPS) is 13.6. The molecule has 14 heteroatoms. The summed E-state index contributed by atoms with van der Waals surface area (Å²) in [5.74, 6) is 0.940. The van der Waals surface area contributed by atoms with Crippen molar-refractivity contribution in [2.24, 2.45) is 0 Å². The van der Waals surface area contributed by atoms with Crippen LogP contribution in [0.3, 0.4) is 0 Å². The van der Waals surface area contributed by atoms with Gasteiger partial charge in [0.2, 0.25) is 21.9 Å². The first kappa shape index (κ1) is 26.7. The molecule has 3 rings (SSSR count). The Kier molecular flexibility index (Phi) is 8.94. The van der Waals surface area contributed by atoms with E-state index >= 15 is 0 Å². The lowest BCUT2D eigenvalue weighted by Crippen LogP contribution is -2.35. The average Bonchev–Trinajstić information content (AvgIpc) is 3.22. The van der Waals surface area contributed by atoms with Crippen LogP contribution in [0.2, 0.25) is 5.02 Å². The van der Waals surface area contributed by atoms with Crippen LogP contribution in [0.1, 0.15) is 32.7 Å². The molecule has 3 aromatic heterocycles. The summed E-state index contributed by atoms with van der Waals surface area (Å²) < 4.78 is 47.2. The molecule has 0 radical (unpaired) electrons. The number of pyridine rings is 1. The molecule has 0 aliphatic rings. The summed E-state index contributed by atoms with van der Waals surface area (Å²) in [4.78, 5) is 12.7. The highest BCUT2D eigenvalue weighted by molar-refractivity contribution is 7.93. The van der Waals surface area contributed by atoms with Crippen molar-refractivity contribution in [2.45, 2.75) is 44.8 Å². The zero-order valence-electron chi connectivity index (χ0n) is 20.0. The van der Waals surface area contributed by atoms with Gasteiger partial charge in [-0.1, -0.05) is 17.7 Å². The zero-order chi connectivity index (χ0) is 25.6. The topological polar surface area (TPSA) is 143 Å². The number of methoxy groups -OCH3 is 2. The minimum absolute atomic E-state index is 0.00819. The van der Waals surface area contributed by atoms with E-state index in [2.05, 4.69) is 29.9 Å². The Bertz CT molecular complexity index is 1220. The van der Waals surface area contributed by atoms with Gasteiger partial charge < -0.3 is 14.2 Å². The van der Waals surface area contributed by atoms with Crippen LogP contribution in [-0.4, -0.2) is 70.3 Å². The minimum atomic E-state index is -4.04. The van der Waals surface area contributed by atoms with Crippen molar-refractivity contribution in [3.05, 3.63) is 41.4 Å². The van der Waals surface area contributed by atoms with Gasteiger partial charge in [0.05, 0.1) is 31.4 Å². The first-order valence-electron chi connectivity index (χ1n) is 10.7. The number of halogens is 1. The number of nitrogens with zero attached hydrogens (tertiary/aromatic N) is 6. The number of hydrogen-bond donors (Lipinski definition) is 1. The van der Waals surface area contributed by atoms with E-state index in [1.165, 1.54) is 26.4 Å². The van der Waals surface area contributed by atoms with Gasteiger partial charge in [-0.25, -0.2) is 23.4 Å². The van der Waals surface area contributed by atoms with Gasteiger partial charge in [0, 0.05) is 25.6 Å². The lowest BCUT2D eigenvalue weighted by molar-refractivity contribution is 0.00154. The van der Waals surface area contributed by atoms with Gasteiger partial charge in [0.25, 0.3) is 0 Å². The molecule has 190 valence electrons. The molecule has 0 aliphatic carbocycles. The van der Waals surface area contributed by atoms with Crippen LogP contribution in [-0.2, 0) is 26.0 Å². The van der Waals surface area contributed by atoms with E-state index in [-0.39, 0.29) is 31.0 Å². The molecule has 0 aromatic carbocycles. The van der Waals surface area contributed by atoms with Gasteiger partial charge in [0.15, 0.2) is 11.6 Å².